The van der Waals surface area contributed by atoms with Crippen LogP contribution >= 0.6 is 0 Å². The van der Waals surface area contributed by atoms with Crippen molar-refractivity contribution in [2.45, 2.75) is 20.3 Å². The number of carbonyl (C=O) groups is 2. The van der Waals surface area contributed by atoms with E-state index in [-0.39, 0.29) is 18.1 Å². The summed E-state index contributed by atoms with van der Waals surface area (Å²) in [6.45, 7) is 3.63. The molecule has 0 bridgehead atoms. The zero-order chi connectivity index (χ0) is 12.1. The maximum Gasteiger partial charge on any atom is 0.150 e. The molecular weight excluding hydrogens is 202 g/mol. The summed E-state index contributed by atoms with van der Waals surface area (Å²) < 4.78 is 0. The molecule has 82 valence electrons. The Morgan fingerprint density at radius 1 is 1.50 bits per heavy atom. The number of rotatable bonds is 4. The van der Waals surface area contributed by atoms with Crippen LogP contribution in [0.2, 0.25) is 0 Å². The van der Waals surface area contributed by atoms with E-state index in [1.807, 2.05) is 19.9 Å². The van der Waals surface area contributed by atoms with Gasteiger partial charge in [-0.25, -0.2) is 0 Å². The van der Waals surface area contributed by atoms with E-state index in [9.17, 15) is 9.59 Å². The van der Waals surface area contributed by atoms with Crippen molar-refractivity contribution >= 4 is 12.1 Å². The summed E-state index contributed by atoms with van der Waals surface area (Å²) in [5, 5.41) is 8.75. The maximum absolute atomic E-state index is 11.6. The van der Waals surface area contributed by atoms with Crippen molar-refractivity contribution in [2.75, 3.05) is 0 Å². The lowest BCUT2D eigenvalue weighted by molar-refractivity contribution is -0.121. The first kappa shape index (κ1) is 12.1. The molecule has 3 heteroatoms. The van der Waals surface area contributed by atoms with Crippen LogP contribution in [0, 0.1) is 17.2 Å². The van der Waals surface area contributed by atoms with E-state index in [4.69, 9.17) is 5.26 Å². The van der Waals surface area contributed by atoms with Crippen LogP contribution in [-0.2, 0) is 11.2 Å². The van der Waals surface area contributed by atoms with Crippen molar-refractivity contribution in [3.63, 3.8) is 0 Å². The number of nitriles is 1. The van der Waals surface area contributed by atoms with Crippen LogP contribution < -0.4 is 0 Å². The second kappa shape index (κ2) is 5.22. The van der Waals surface area contributed by atoms with Crippen LogP contribution in [0.15, 0.2) is 18.2 Å². The molecule has 0 radical (unpaired) electrons. The number of nitrogens with zero attached hydrogens (tertiary/aromatic N) is 1. The SMILES string of the molecule is CC(C)C(=O)Cc1cc(C#N)ccc1C=O. The van der Waals surface area contributed by atoms with Gasteiger partial charge < -0.3 is 0 Å². The zero-order valence-corrected chi connectivity index (χ0v) is 9.36. The molecule has 0 heterocycles. The summed E-state index contributed by atoms with van der Waals surface area (Å²) >= 11 is 0. The van der Waals surface area contributed by atoms with Gasteiger partial charge in [0.25, 0.3) is 0 Å². The predicted molar refractivity (Wildman–Crippen MR) is 60.1 cm³/mol. The number of ketones is 1. The van der Waals surface area contributed by atoms with Crippen LogP contribution in [-0.4, -0.2) is 12.1 Å². The predicted octanol–water partition coefficient (Wildman–Crippen LogP) is 2.14. The Balaban J connectivity index is 3.06. The quantitative estimate of drug-likeness (QED) is 0.723. The van der Waals surface area contributed by atoms with Crippen LogP contribution in [0.4, 0.5) is 0 Å². The van der Waals surface area contributed by atoms with E-state index in [2.05, 4.69) is 0 Å². The highest BCUT2D eigenvalue weighted by atomic mass is 16.1. The number of aldehydes is 1. The van der Waals surface area contributed by atoms with Gasteiger partial charge in [0.15, 0.2) is 0 Å². The van der Waals surface area contributed by atoms with E-state index >= 15 is 0 Å². The fourth-order valence-corrected chi connectivity index (χ4v) is 1.34. The third-order valence-electron chi connectivity index (χ3n) is 2.41. The molecule has 0 fully saturated rings. The molecule has 0 N–H and O–H groups in total. The minimum atomic E-state index is -0.0646. The smallest absolute Gasteiger partial charge is 0.150 e. The molecule has 1 rings (SSSR count). The maximum atomic E-state index is 11.6. The second-order valence-electron chi connectivity index (χ2n) is 3.94. The zero-order valence-electron chi connectivity index (χ0n) is 9.36. The summed E-state index contributed by atoms with van der Waals surface area (Å²) in [6.07, 6.45) is 0.922. The summed E-state index contributed by atoms with van der Waals surface area (Å²) in [5.74, 6) is 0.00318. The highest BCUT2D eigenvalue weighted by Gasteiger charge is 2.11. The van der Waals surface area contributed by atoms with Crippen LogP contribution in [0.3, 0.4) is 0 Å². The lowest BCUT2D eigenvalue weighted by Gasteiger charge is -2.06. The molecule has 0 aliphatic carbocycles. The molecule has 0 saturated carbocycles. The van der Waals surface area contributed by atoms with E-state index in [1.54, 1.807) is 18.2 Å². The van der Waals surface area contributed by atoms with Gasteiger partial charge in [-0.15, -0.1) is 0 Å². The largest absolute Gasteiger partial charge is 0.299 e. The van der Waals surface area contributed by atoms with Crippen LogP contribution in [0.1, 0.15) is 35.3 Å². The summed E-state index contributed by atoms with van der Waals surface area (Å²) in [4.78, 5) is 22.4. The molecule has 0 spiro atoms. The first-order valence-electron chi connectivity index (χ1n) is 5.09. The molecule has 3 nitrogen and oxygen atoms in total. The Morgan fingerprint density at radius 3 is 2.69 bits per heavy atom. The molecule has 0 aliphatic heterocycles. The molecule has 0 unspecified atom stereocenters. The van der Waals surface area contributed by atoms with Gasteiger partial charge in [0.1, 0.15) is 12.1 Å². The Kier molecular flexibility index (Phi) is 3.96. The molecule has 0 atom stereocenters. The van der Waals surface area contributed by atoms with Crippen molar-refractivity contribution in [1.82, 2.24) is 0 Å². The molecule has 1 aromatic rings. The Bertz CT molecular complexity index is 455. The van der Waals surface area contributed by atoms with Gasteiger partial charge in [0.2, 0.25) is 0 Å². The normalized spacial score (nSPS) is 9.88. The molecule has 1 aromatic carbocycles. The summed E-state index contributed by atoms with van der Waals surface area (Å²) in [6, 6.07) is 6.75. The third kappa shape index (κ3) is 2.77. The van der Waals surface area contributed by atoms with Gasteiger partial charge in [-0.05, 0) is 17.7 Å². The lowest BCUT2D eigenvalue weighted by atomic mass is 9.96. The lowest BCUT2D eigenvalue weighted by Crippen LogP contribution is -2.11. The van der Waals surface area contributed by atoms with Crippen molar-refractivity contribution in [3.05, 3.63) is 34.9 Å². The van der Waals surface area contributed by atoms with Gasteiger partial charge in [0, 0.05) is 17.9 Å². The molecular formula is C13H13NO2. The van der Waals surface area contributed by atoms with Crippen LogP contribution in [0.25, 0.3) is 0 Å². The molecule has 16 heavy (non-hydrogen) atoms. The minimum absolute atomic E-state index is 0.0646. The Labute approximate surface area is 94.7 Å². The number of Topliss-reactive ketones (excluding diaryl/α,β-unsaturated/α-hetero) is 1. The molecule has 0 aliphatic rings. The third-order valence-corrected chi connectivity index (χ3v) is 2.41. The van der Waals surface area contributed by atoms with Gasteiger partial charge in [-0.3, -0.25) is 9.59 Å². The Morgan fingerprint density at radius 2 is 2.19 bits per heavy atom. The first-order chi connectivity index (χ1) is 7.58. The van der Waals surface area contributed by atoms with E-state index in [0.29, 0.717) is 23.0 Å². The van der Waals surface area contributed by atoms with E-state index in [0.717, 1.165) is 0 Å². The fraction of sp³-hybridized carbons (Fsp3) is 0.308. The Hall–Kier alpha value is -1.95. The van der Waals surface area contributed by atoms with Crippen molar-refractivity contribution in [2.24, 2.45) is 5.92 Å². The van der Waals surface area contributed by atoms with Gasteiger partial charge in [0.05, 0.1) is 11.6 Å². The van der Waals surface area contributed by atoms with Gasteiger partial charge in [-0.2, -0.15) is 5.26 Å². The highest BCUT2D eigenvalue weighted by molar-refractivity contribution is 5.86. The topological polar surface area (TPSA) is 57.9 Å². The van der Waals surface area contributed by atoms with Crippen LogP contribution in [0.5, 0.6) is 0 Å². The number of hydrogen-bond acceptors (Lipinski definition) is 3. The number of benzene rings is 1. The molecule has 0 aromatic heterocycles. The first-order valence-corrected chi connectivity index (χ1v) is 5.09. The van der Waals surface area contributed by atoms with Crippen molar-refractivity contribution in [1.29, 1.82) is 5.26 Å². The van der Waals surface area contributed by atoms with Gasteiger partial charge >= 0.3 is 0 Å². The highest BCUT2D eigenvalue weighted by Crippen LogP contribution is 2.13. The van der Waals surface area contributed by atoms with E-state index in [1.165, 1.54) is 0 Å². The van der Waals surface area contributed by atoms with Crippen molar-refractivity contribution < 1.29 is 9.59 Å². The van der Waals surface area contributed by atoms with Gasteiger partial charge in [-0.1, -0.05) is 19.9 Å². The minimum Gasteiger partial charge on any atom is -0.299 e. The van der Waals surface area contributed by atoms with E-state index < -0.39 is 0 Å². The number of hydrogen-bond donors (Lipinski definition) is 0. The fourth-order valence-electron chi connectivity index (χ4n) is 1.34. The second-order valence-corrected chi connectivity index (χ2v) is 3.94. The average Bonchev–Trinajstić information content (AvgIpc) is 2.28. The standard InChI is InChI=1S/C13H13NO2/c1-9(2)13(16)6-12-5-10(7-14)3-4-11(12)8-15/h3-5,8-9H,6H2,1-2H3. The summed E-state index contributed by atoms with van der Waals surface area (Å²) in [5.41, 5.74) is 1.58. The van der Waals surface area contributed by atoms with Crippen molar-refractivity contribution in [3.8, 4) is 6.07 Å². The molecule has 0 amide bonds. The summed E-state index contributed by atoms with van der Waals surface area (Å²) in [7, 11) is 0. The monoisotopic (exact) mass is 215 g/mol. The average molecular weight is 215 g/mol. The number of carbonyl (C=O) groups excluding carboxylic acids is 2. The molecule has 0 saturated heterocycles.